The summed E-state index contributed by atoms with van der Waals surface area (Å²) in [6.07, 6.45) is -0.515. The van der Waals surface area contributed by atoms with Gasteiger partial charge in [-0.3, -0.25) is 0 Å². The number of rotatable bonds is 4. The first-order valence-corrected chi connectivity index (χ1v) is 7.90. The topological polar surface area (TPSA) is 80.6 Å². The summed E-state index contributed by atoms with van der Waals surface area (Å²) >= 11 is 0. The van der Waals surface area contributed by atoms with Gasteiger partial charge in [0.2, 0.25) is 0 Å². The van der Waals surface area contributed by atoms with Crippen LogP contribution >= 0.6 is 0 Å². The number of carboxylic acids is 1. The molecule has 130 valence electrons. The molecule has 0 aliphatic rings. The molecule has 0 saturated carbocycles. The van der Waals surface area contributed by atoms with Crippen LogP contribution in [0.2, 0.25) is 0 Å². The van der Waals surface area contributed by atoms with Crippen LogP contribution in [0.5, 0.6) is 0 Å². The fourth-order valence-corrected chi connectivity index (χ4v) is 2.63. The van der Waals surface area contributed by atoms with Crippen LogP contribution in [0, 0.1) is 6.92 Å². The van der Waals surface area contributed by atoms with Crippen molar-refractivity contribution in [3.8, 4) is 0 Å². The van der Waals surface area contributed by atoms with Crippen LogP contribution in [0.4, 0.5) is 4.79 Å². The molecule has 2 aromatic rings. The van der Waals surface area contributed by atoms with E-state index in [0.717, 1.165) is 16.5 Å². The average Bonchev–Trinajstić information content (AvgIpc) is 2.81. The molecule has 1 aromatic heterocycles. The summed E-state index contributed by atoms with van der Waals surface area (Å²) < 4.78 is 6.94. The Labute approximate surface area is 141 Å². The number of fused-ring (bicyclic) bond motifs is 1. The maximum absolute atomic E-state index is 11.8. The molecule has 6 nitrogen and oxygen atoms in total. The number of carbonyl (C=O) groups excluding carboxylic acids is 1. The molecule has 0 fully saturated rings. The molecule has 0 radical (unpaired) electrons. The SMILES string of the molecule is Cc1ccc2c(c1)cc(C(=O)O)n2C(C)CNC(=O)OC(C)(C)C. The molecule has 0 bridgehead atoms. The molecule has 24 heavy (non-hydrogen) atoms. The van der Waals surface area contributed by atoms with Gasteiger partial charge in [-0.2, -0.15) is 0 Å². The van der Waals surface area contributed by atoms with Crippen molar-refractivity contribution >= 4 is 23.0 Å². The Kier molecular flexibility index (Phi) is 4.87. The third-order valence-corrected chi connectivity index (χ3v) is 3.59. The molecule has 6 heteroatoms. The molecule has 1 unspecified atom stereocenters. The molecular formula is C18H24N2O4. The van der Waals surface area contributed by atoms with Gasteiger partial charge in [0, 0.05) is 23.5 Å². The molecule has 1 atom stereocenters. The lowest BCUT2D eigenvalue weighted by Gasteiger charge is -2.22. The van der Waals surface area contributed by atoms with Crippen LogP contribution in [0.3, 0.4) is 0 Å². The van der Waals surface area contributed by atoms with Crippen molar-refractivity contribution in [2.45, 2.75) is 46.3 Å². The summed E-state index contributed by atoms with van der Waals surface area (Å²) in [6, 6.07) is 7.23. The summed E-state index contributed by atoms with van der Waals surface area (Å²) in [5.74, 6) is -0.993. The van der Waals surface area contributed by atoms with E-state index in [1.54, 1.807) is 31.4 Å². The number of alkyl carbamates (subject to hydrolysis) is 1. The highest BCUT2D eigenvalue weighted by Gasteiger charge is 2.21. The molecule has 0 spiro atoms. The number of hydrogen-bond donors (Lipinski definition) is 2. The molecule has 1 amide bonds. The monoisotopic (exact) mass is 332 g/mol. The smallest absolute Gasteiger partial charge is 0.407 e. The number of amides is 1. The molecule has 2 rings (SSSR count). The van der Waals surface area contributed by atoms with E-state index in [0.29, 0.717) is 0 Å². The van der Waals surface area contributed by atoms with Gasteiger partial charge in [0.25, 0.3) is 0 Å². The Morgan fingerprint density at radius 1 is 1.29 bits per heavy atom. The minimum Gasteiger partial charge on any atom is -0.477 e. The number of aromatic nitrogens is 1. The van der Waals surface area contributed by atoms with Gasteiger partial charge >= 0.3 is 12.1 Å². The predicted octanol–water partition coefficient (Wildman–Crippen LogP) is 3.73. The molecule has 0 aliphatic carbocycles. The van der Waals surface area contributed by atoms with Gasteiger partial charge in [-0.1, -0.05) is 11.6 Å². The van der Waals surface area contributed by atoms with Crippen molar-refractivity contribution < 1.29 is 19.4 Å². The van der Waals surface area contributed by atoms with E-state index in [1.807, 2.05) is 32.0 Å². The lowest BCUT2D eigenvalue weighted by atomic mass is 10.2. The third-order valence-electron chi connectivity index (χ3n) is 3.59. The van der Waals surface area contributed by atoms with Crippen molar-refractivity contribution in [2.75, 3.05) is 6.54 Å². The van der Waals surface area contributed by atoms with E-state index in [2.05, 4.69) is 5.32 Å². The van der Waals surface area contributed by atoms with Gasteiger partial charge in [-0.05, 0) is 52.8 Å². The molecule has 2 N–H and O–H groups in total. The minimum atomic E-state index is -0.993. The average molecular weight is 332 g/mol. The van der Waals surface area contributed by atoms with E-state index in [1.165, 1.54) is 0 Å². The molecular weight excluding hydrogens is 308 g/mol. The standard InChI is InChI=1S/C18H24N2O4/c1-11-6-7-14-13(8-11)9-15(16(21)22)20(14)12(2)10-19-17(23)24-18(3,4)5/h6-9,12H,10H2,1-5H3,(H,19,23)(H,21,22). The van der Waals surface area contributed by atoms with E-state index < -0.39 is 17.7 Å². The fourth-order valence-electron chi connectivity index (χ4n) is 2.63. The van der Waals surface area contributed by atoms with Crippen LogP contribution in [-0.4, -0.2) is 33.9 Å². The van der Waals surface area contributed by atoms with E-state index >= 15 is 0 Å². The highest BCUT2D eigenvalue weighted by atomic mass is 16.6. The van der Waals surface area contributed by atoms with Crippen molar-refractivity contribution in [1.29, 1.82) is 0 Å². The Morgan fingerprint density at radius 2 is 1.96 bits per heavy atom. The Hall–Kier alpha value is -2.50. The number of aromatic carboxylic acids is 1. The maximum atomic E-state index is 11.8. The quantitative estimate of drug-likeness (QED) is 0.894. The van der Waals surface area contributed by atoms with Crippen LogP contribution in [0.25, 0.3) is 10.9 Å². The number of aryl methyl sites for hydroxylation is 1. The normalized spacial score (nSPS) is 12.9. The van der Waals surface area contributed by atoms with Gasteiger partial charge in [0.15, 0.2) is 0 Å². The number of ether oxygens (including phenoxy) is 1. The number of benzene rings is 1. The predicted molar refractivity (Wildman–Crippen MR) is 92.6 cm³/mol. The highest BCUT2D eigenvalue weighted by Crippen LogP contribution is 2.25. The van der Waals surface area contributed by atoms with Crippen molar-refractivity contribution in [3.05, 3.63) is 35.5 Å². The zero-order valence-corrected chi connectivity index (χ0v) is 14.7. The largest absolute Gasteiger partial charge is 0.477 e. The van der Waals surface area contributed by atoms with Gasteiger partial charge in [-0.25, -0.2) is 9.59 Å². The van der Waals surface area contributed by atoms with Gasteiger partial charge < -0.3 is 19.7 Å². The van der Waals surface area contributed by atoms with Crippen molar-refractivity contribution in [3.63, 3.8) is 0 Å². The second-order valence-corrected chi connectivity index (χ2v) is 7.00. The fraction of sp³-hybridized carbons (Fsp3) is 0.444. The molecule has 1 aromatic carbocycles. The van der Waals surface area contributed by atoms with Crippen LogP contribution < -0.4 is 5.32 Å². The zero-order chi connectivity index (χ0) is 18.1. The Bertz CT molecular complexity index is 771. The number of nitrogens with one attached hydrogen (secondary N) is 1. The molecule has 1 heterocycles. The number of hydrogen-bond acceptors (Lipinski definition) is 3. The highest BCUT2D eigenvalue weighted by molar-refractivity contribution is 5.95. The Morgan fingerprint density at radius 3 is 2.54 bits per heavy atom. The van der Waals surface area contributed by atoms with Crippen LogP contribution in [-0.2, 0) is 4.74 Å². The van der Waals surface area contributed by atoms with Crippen molar-refractivity contribution in [1.82, 2.24) is 9.88 Å². The summed E-state index contributed by atoms with van der Waals surface area (Å²) in [5, 5.41) is 13.0. The second-order valence-electron chi connectivity index (χ2n) is 7.00. The molecule has 0 aliphatic heterocycles. The first-order chi connectivity index (χ1) is 11.1. The van der Waals surface area contributed by atoms with E-state index in [9.17, 15) is 14.7 Å². The van der Waals surface area contributed by atoms with Crippen LogP contribution in [0.15, 0.2) is 24.3 Å². The van der Waals surface area contributed by atoms with E-state index in [4.69, 9.17) is 4.74 Å². The molecule has 0 saturated heterocycles. The van der Waals surface area contributed by atoms with Crippen molar-refractivity contribution in [2.24, 2.45) is 0 Å². The minimum absolute atomic E-state index is 0.203. The maximum Gasteiger partial charge on any atom is 0.407 e. The summed E-state index contributed by atoms with van der Waals surface area (Å²) in [6.45, 7) is 9.47. The Balaban J connectivity index is 2.25. The number of carboxylic acid groups (broad SMARTS) is 1. The lowest BCUT2D eigenvalue weighted by Crippen LogP contribution is -2.35. The van der Waals surface area contributed by atoms with E-state index in [-0.39, 0.29) is 18.3 Å². The summed E-state index contributed by atoms with van der Waals surface area (Å²) in [5.41, 5.74) is 1.53. The summed E-state index contributed by atoms with van der Waals surface area (Å²) in [4.78, 5) is 23.4. The second kappa shape index (κ2) is 6.55. The van der Waals surface area contributed by atoms with Gasteiger partial charge in [0.05, 0.1) is 0 Å². The van der Waals surface area contributed by atoms with Gasteiger partial charge in [0.1, 0.15) is 11.3 Å². The lowest BCUT2D eigenvalue weighted by molar-refractivity contribution is 0.0521. The number of carbonyl (C=O) groups is 2. The van der Waals surface area contributed by atoms with Crippen LogP contribution in [0.1, 0.15) is 49.8 Å². The first-order valence-electron chi connectivity index (χ1n) is 7.90. The number of nitrogens with zero attached hydrogens (tertiary/aromatic N) is 1. The summed E-state index contributed by atoms with van der Waals surface area (Å²) in [7, 11) is 0. The third kappa shape index (κ3) is 4.07. The van der Waals surface area contributed by atoms with Gasteiger partial charge in [-0.15, -0.1) is 0 Å². The zero-order valence-electron chi connectivity index (χ0n) is 14.7. The first kappa shape index (κ1) is 17.8.